The number of aromatic nitrogens is 1. The third-order valence-corrected chi connectivity index (χ3v) is 8.50. The largest absolute Gasteiger partial charge is 0.344 e. The molecule has 2 amide bonds. The lowest BCUT2D eigenvalue weighted by atomic mass is 9.85. The number of Topliss-reactive ketones (excluding diaryl/α,β-unsaturated/α-hetero) is 1. The Morgan fingerprint density at radius 2 is 1.72 bits per heavy atom. The maximum atomic E-state index is 13.6. The van der Waals surface area contributed by atoms with E-state index in [4.69, 9.17) is 0 Å². The Labute approximate surface area is 211 Å². The van der Waals surface area contributed by atoms with Crippen LogP contribution in [0.2, 0.25) is 0 Å². The van der Waals surface area contributed by atoms with Gasteiger partial charge in [-0.25, -0.2) is 17.1 Å². The van der Waals surface area contributed by atoms with E-state index < -0.39 is 33.2 Å². The molecular formula is C25H33FN4O5S. The first kappa shape index (κ1) is 27.5. The van der Waals surface area contributed by atoms with Crippen LogP contribution in [0.1, 0.15) is 63.9 Å². The maximum absolute atomic E-state index is 13.6. The number of benzene rings is 1. The second kappa shape index (κ2) is 10.1. The molecule has 0 radical (unpaired) electrons. The van der Waals surface area contributed by atoms with Gasteiger partial charge >= 0.3 is 0 Å². The molecule has 0 atom stereocenters. The highest BCUT2D eigenvalue weighted by molar-refractivity contribution is 7.88. The van der Waals surface area contributed by atoms with Gasteiger partial charge in [-0.2, -0.15) is 0 Å². The van der Waals surface area contributed by atoms with E-state index >= 15 is 0 Å². The van der Waals surface area contributed by atoms with Gasteiger partial charge < -0.3 is 15.2 Å². The molecule has 1 saturated heterocycles. The molecule has 0 bridgehead atoms. The summed E-state index contributed by atoms with van der Waals surface area (Å²) >= 11 is 0. The van der Waals surface area contributed by atoms with Crippen molar-refractivity contribution in [2.45, 2.75) is 52.5 Å². The standard InChI is InChI=1S/C25H33FN4O5S/c1-7-25(10-12-30(13-11-25)36(6,34)35)28-24(33)22(31)21-16(3)20(17(4)29(21)5)23(32)27-18-8-9-19(26)15(2)14-18/h8-9,14H,7,10-13H2,1-6H3,(H,27,32)(H,28,33). The molecular weight excluding hydrogens is 487 g/mol. The second-order valence-electron chi connectivity index (χ2n) is 9.49. The summed E-state index contributed by atoms with van der Waals surface area (Å²) in [5, 5.41) is 5.59. The predicted octanol–water partition coefficient (Wildman–Crippen LogP) is 2.84. The minimum absolute atomic E-state index is 0.102. The van der Waals surface area contributed by atoms with E-state index in [0.717, 1.165) is 6.26 Å². The molecule has 9 nitrogen and oxygen atoms in total. The van der Waals surface area contributed by atoms with Crippen molar-refractivity contribution in [1.82, 2.24) is 14.2 Å². The van der Waals surface area contributed by atoms with Crippen molar-refractivity contribution >= 4 is 33.3 Å². The van der Waals surface area contributed by atoms with Gasteiger partial charge in [0.1, 0.15) is 5.82 Å². The molecule has 1 aliphatic heterocycles. The van der Waals surface area contributed by atoms with Gasteiger partial charge in [0.05, 0.1) is 17.5 Å². The van der Waals surface area contributed by atoms with Gasteiger partial charge in [0.2, 0.25) is 10.0 Å². The number of carbonyl (C=O) groups is 3. The fraction of sp³-hybridized carbons (Fsp3) is 0.480. The zero-order chi connectivity index (χ0) is 27.0. The number of aryl methyl sites for hydroxylation is 1. The van der Waals surface area contributed by atoms with Gasteiger partial charge in [0, 0.05) is 37.1 Å². The van der Waals surface area contributed by atoms with Crippen LogP contribution in [0, 0.1) is 26.6 Å². The molecule has 2 aromatic rings. The van der Waals surface area contributed by atoms with Crippen molar-refractivity contribution in [3.63, 3.8) is 0 Å². The Balaban J connectivity index is 1.82. The predicted molar refractivity (Wildman–Crippen MR) is 135 cm³/mol. The average Bonchev–Trinajstić information content (AvgIpc) is 3.03. The summed E-state index contributed by atoms with van der Waals surface area (Å²) < 4.78 is 40.2. The number of hydrogen-bond acceptors (Lipinski definition) is 5. The molecule has 1 aliphatic rings. The average molecular weight is 521 g/mol. The number of nitrogens with zero attached hydrogens (tertiary/aromatic N) is 2. The molecule has 36 heavy (non-hydrogen) atoms. The summed E-state index contributed by atoms with van der Waals surface area (Å²) in [5.41, 5.74) is 1.34. The first-order chi connectivity index (χ1) is 16.7. The molecule has 11 heteroatoms. The Bertz CT molecular complexity index is 1320. The van der Waals surface area contributed by atoms with E-state index in [2.05, 4.69) is 10.6 Å². The highest BCUT2D eigenvalue weighted by atomic mass is 32.2. The van der Waals surface area contributed by atoms with Crippen LogP contribution in [0.15, 0.2) is 18.2 Å². The molecule has 0 aliphatic carbocycles. The molecule has 1 aromatic heterocycles. The van der Waals surface area contributed by atoms with Crippen molar-refractivity contribution in [3.05, 3.63) is 52.1 Å². The fourth-order valence-electron chi connectivity index (χ4n) is 4.77. The zero-order valence-electron chi connectivity index (χ0n) is 21.5. The highest BCUT2D eigenvalue weighted by Gasteiger charge is 2.39. The van der Waals surface area contributed by atoms with Crippen LogP contribution in [0.25, 0.3) is 0 Å². The van der Waals surface area contributed by atoms with E-state index in [9.17, 15) is 27.2 Å². The number of ketones is 1. The Kier molecular flexibility index (Phi) is 7.75. The van der Waals surface area contributed by atoms with Crippen molar-refractivity contribution in [2.75, 3.05) is 24.7 Å². The number of piperidine rings is 1. The summed E-state index contributed by atoms with van der Waals surface area (Å²) in [5.74, 6) is -2.42. The van der Waals surface area contributed by atoms with E-state index in [1.54, 1.807) is 27.8 Å². The van der Waals surface area contributed by atoms with Crippen molar-refractivity contribution < 1.29 is 27.2 Å². The monoisotopic (exact) mass is 520 g/mol. The summed E-state index contributed by atoms with van der Waals surface area (Å²) in [6.07, 6.45) is 2.48. The fourth-order valence-corrected chi connectivity index (χ4v) is 5.61. The summed E-state index contributed by atoms with van der Waals surface area (Å²) in [6, 6.07) is 4.23. The molecule has 0 saturated carbocycles. The number of hydrogen-bond donors (Lipinski definition) is 2. The summed E-state index contributed by atoms with van der Waals surface area (Å²) in [4.78, 5) is 39.4. The number of halogens is 1. The molecule has 3 rings (SSSR count). The number of sulfonamides is 1. The van der Waals surface area contributed by atoms with Crippen LogP contribution >= 0.6 is 0 Å². The zero-order valence-corrected chi connectivity index (χ0v) is 22.3. The first-order valence-corrected chi connectivity index (χ1v) is 13.6. The van der Waals surface area contributed by atoms with Gasteiger partial charge in [-0.3, -0.25) is 14.4 Å². The lowest BCUT2D eigenvalue weighted by Crippen LogP contribution is -2.57. The molecule has 1 fully saturated rings. The molecule has 2 heterocycles. The molecule has 0 unspecified atom stereocenters. The third kappa shape index (κ3) is 5.36. The lowest BCUT2D eigenvalue weighted by Gasteiger charge is -2.40. The smallest absolute Gasteiger partial charge is 0.294 e. The quantitative estimate of drug-likeness (QED) is 0.430. The summed E-state index contributed by atoms with van der Waals surface area (Å²) in [6.45, 7) is 7.29. The van der Waals surface area contributed by atoms with E-state index in [1.807, 2.05) is 6.92 Å². The first-order valence-electron chi connectivity index (χ1n) is 11.8. The SMILES string of the molecule is CCC1(NC(=O)C(=O)c2c(C)c(C(=O)Nc3ccc(F)c(C)c3)c(C)n2C)CCN(S(C)(=O)=O)CC1. The topological polar surface area (TPSA) is 118 Å². The maximum Gasteiger partial charge on any atom is 0.294 e. The Morgan fingerprint density at radius 1 is 1.11 bits per heavy atom. The van der Waals surface area contributed by atoms with Crippen LogP contribution in [0.4, 0.5) is 10.1 Å². The molecule has 196 valence electrons. The highest BCUT2D eigenvalue weighted by Crippen LogP contribution is 2.28. The number of anilines is 1. The van der Waals surface area contributed by atoms with Gasteiger partial charge in [-0.05, 0) is 69.4 Å². The third-order valence-electron chi connectivity index (χ3n) is 7.20. The van der Waals surface area contributed by atoms with Gasteiger partial charge in [-0.1, -0.05) is 6.92 Å². The van der Waals surface area contributed by atoms with Crippen LogP contribution in [-0.4, -0.2) is 59.8 Å². The lowest BCUT2D eigenvalue weighted by molar-refractivity contribution is -0.119. The number of amides is 2. The Morgan fingerprint density at radius 3 is 2.25 bits per heavy atom. The van der Waals surface area contributed by atoms with E-state index in [-0.39, 0.29) is 30.2 Å². The van der Waals surface area contributed by atoms with Gasteiger partial charge in [0.25, 0.3) is 17.6 Å². The summed E-state index contributed by atoms with van der Waals surface area (Å²) in [7, 11) is -1.71. The van der Waals surface area contributed by atoms with Crippen molar-refractivity contribution in [3.8, 4) is 0 Å². The molecule has 1 aromatic carbocycles. The van der Waals surface area contributed by atoms with Crippen molar-refractivity contribution in [2.24, 2.45) is 7.05 Å². The van der Waals surface area contributed by atoms with Gasteiger partial charge in [-0.15, -0.1) is 0 Å². The normalized spacial score (nSPS) is 16.0. The van der Waals surface area contributed by atoms with Gasteiger partial charge in [0.15, 0.2) is 0 Å². The molecule has 2 N–H and O–H groups in total. The minimum Gasteiger partial charge on any atom is -0.344 e. The second-order valence-corrected chi connectivity index (χ2v) is 11.5. The minimum atomic E-state index is -3.33. The number of carbonyl (C=O) groups excluding carboxylic acids is 3. The van der Waals surface area contributed by atoms with Crippen LogP contribution < -0.4 is 10.6 Å². The van der Waals surface area contributed by atoms with E-state index in [1.165, 1.54) is 27.1 Å². The van der Waals surface area contributed by atoms with Crippen LogP contribution in [-0.2, 0) is 21.9 Å². The van der Waals surface area contributed by atoms with Crippen LogP contribution in [0.3, 0.4) is 0 Å². The molecule has 0 spiro atoms. The Hall–Kier alpha value is -3.05. The number of rotatable bonds is 7. The number of nitrogens with one attached hydrogen (secondary N) is 2. The van der Waals surface area contributed by atoms with Crippen LogP contribution in [0.5, 0.6) is 0 Å². The van der Waals surface area contributed by atoms with Crippen molar-refractivity contribution in [1.29, 1.82) is 0 Å². The van der Waals surface area contributed by atoms with E-state index in [0.29, 0.717) is 41.8 Å².